The molecule has 0 saturated carbocycles. The second-order valence-corrected chi connectivity index (χ2v) is 8.75. The number of carbonyl (C=O) groups excluding carboxylic acids is 1. The topological polar surface area (TPSA) is 35.5 Å². The minimum absolute atomic E-state index is 0. The molecule has 11 heteroatoms. The Morgan fingerprint density at radius 1 is 0.882 bits per heavy atom. The zero-order chi connectivity index (χ0) is 25.0. The zero-order valence-corrected chi connectivity index (χ0v) is 20.5. The summed E-state index contributed by atoms with van der Waals surface area (Å²) >= 11 is 0. The summed E-state index contributed by atoms with van der Waals surface area (Å²) in [5.74, 6) is 0.616. The Morgan fingerprint density at radius 3 is 1.85 bits per heavy atom. The van der Waals surface area contributed by atoms with Gasteiger partial charge in [0.1, 0.15) is 11.5 Å². The Bertz CT molecular complexity index is 946. The number of rotatable bonds is 9. The van der Waals surface area contributed by atoms with Gasteiger partial charge in [-0.1, -0.05) is 19.9 Å². The van der Waals surface area contributed by atoms with Gasteiger partial charge in [-0.2, -0.15) is 26.3 Å². The van der Waals surface area contributed by atoms with E-state index in [4.69, 9.17) is 9.47 Å². The van der Waals surface area contributed by atoms with Crippen molar-refractivity contribution in [2.75, 3.05) is 0 Å². The maximum absolute atomic E-state index is 13.5. The molecular formula is C23H25F6LiO3P. The molecule has 0 heterocycles. The van der Waals surface area contributed by atoms with Crippen LogP contribution in [0.15, 0.2) is 36.4 Å². The van der Waals surface area contributed by atoms with Crippen molar-refractivity contribution >= 4 is 38.3 Å². The average molecular weight is 501 g/mol. The van der Waals surface area contributed by atoms with Crippen molar-refractivity contribution < 1.29 is 40.6 Å². The summed E-state index contributed by atoms with van der Waals surface area (Å²) in [5.41, 5.74) is -5.89. The number of ether oxygens (including phenoxy) is 2. The van der Waals surface area contributed by atoms with Crippen molar-refractivity contribution in [1.29, 1.82) is 0 Å². The van der Waals surface area contributed by atoms with Crippen LogP contribution in [0.5, 0.6) is 11.5 Å². The Morgan fingerprint density at radius 2 is 1.38 bits per heavy atom. The van der Waals surface area contributed by atoms with Crippen LogP contribution in [0.2, 0.25) is 0 Å². The maximum atomic E-state index is 13.5. The summed E-state index contributed by atoms with van der Waals surface area (Å²) in [6.07, 6.45) is -9.35. The summed E-state index contributed by atoms with van der Waals surface area (Å²) in [6.45, 7) is 7.39. The molecule has 183 valence electrons. The summed E-state index contributed by atoms with van der Waals surface area (Å²) in [6, 6.07) is 6.07. The molecule has 0 aromatic heterocycles. The van der Waals surface area contributed by atoms with E-state index in [-0.39, 0.29) is 42.1 Å². The van der Waals surface area contributed by atoms with Gasteiger partial charge in [0, 0.05) is 35.8 Å². The first-order valence-electron chi connectivity index (χ1n) is 10.3. The number of hydrogen-bond donors (Lipinski definition) is 0. The number of benzene rings is 2. The van der Waals surface area contributed by atoms with Gasteiger partial charge in [0.2, 0.25) is 0 Å². The molecule has 0 spiro atoms. The van der Waals surface area contributed by atoms with Crippen molar-refractivity contribution in [2.45, 2.75) is 65.1 Å². The van der Waals surface area contributed by atoms with E-state index < -0.39 is 43.1 Å². The number of carbonyl (C=O) groups is 1. The van der Waals surface area contributed by atoms with E-state index in [0.29, 0.717) is 30.4 Å². The molecule has 0 amide bonds. The average Bonchev–Trinajstić information content (AvgIpc) is 2.73. The van der Waals surface area contributed by atoms with Crippen molar-refractivity contribution in [3.05, 3.63) is 53.1 Å². The van der Waals surface area contributed by atoms with Gasteiger partial charge in [0.25, 0.3) is 0 Å². The SMILES string of the molecule is CCC(C)Oc1ccc(PC(=O)c2c(C(F)(F)F)cccc2C(F)(F)F)c(OC(C)CC)c1.[Li]. The van der Waals surface area contributed by atoms with Crippen molar-refractivity contribution in [2.24, 2.45) is 0 Å². The van der Waals surface area contributed by atoms with E-state index >= 15 is 0 Å². The second kappa shape index (κ2) is 12.3. The van der Waals surface area contributed by atoms with E-state index in [1.165, 1.54) is 18.2 Å². The van der Waals surface area contributed by atoms with Crippen LogP contribution in [0.1, 0.15) is 62.0 Å². The summed E-state index contributed by atoms with van der Waals surface area (Å²) in [4.78, 5) is 12.9. The van der Waals surface area contributed by atoms with Gasteiger partial charge < -0.3 is 9.47 Å². The monoisotopic (exact) mass is 501 g/mol. The van der Waals surface area contributed by atoms with Crippen LogP contribution in [0.3, 0.4) is 0 Å². The first-order valence-corrected chi connectivity index (χ1v) is 11.3. The molecule has 3 unspecified atom stereocenters. The van der Waals surface area contributed by atoms with Crippen LogP contribution in [-0.2, 0) is 12.4 Å². The second-order valence-electron chi connectivity index (χ2n) is 7.51. The third-order valence-electron chi connectivity index (χ3n) is 4.92. The quantitative estimate of drug-likeness (QED) is 0.214. The van der Waals surface area contributed by atoms with E-state index in [9.17, 15) is 31.1 Å². The first kappa shape index (κ1) is 30.3. The molecule has 0 aliphatic carbocycles. The van der Waals surface area contributed by atoms with Crippen LogP contribution in [0.25, 0.3) is 0 Å². The normalized spacial score (nSPS) is 13.9. The van der Waals surface area contributed by atoms with Gasteiger partial charge in [-0.05, 0) is 59.5 Å². The van der Waals surface area contributed by atoms with Gasteiger partial charge in [-0.15, -0.1) is 0 Å². The molecule has 0 saturated heterocycles. The van der Waals surface area contributed by atoms with Gasteiger partial charge in [-0.25, -0.2) is 0 Å². The Labute approximate surface area is 208 Å². The van der Waals surface area contributed by atoms with E-state index in [1.807, 2.05) is 20.8 Å². The van der Waals surface area contributed by atoms with E-state index in [2.05, 4.69) is 0 Å². The molecule has 0 N–H and O–H groups in total. The maximum Gasteiger partial charge on any atom is 0.417 e. The van der Waals surface area contributed by atoms with E-state index in [1.54, 1.807) is 6.92 Å². The Balaban J connectivity index is 0.00000578. The standard InChI is InChI=1S/C23H25F6O3P.Li/c1-5-13(3)31-15-10-11-19(18(12-15)32-14(4)6-2)33-21(30)20-16(22(24,25)26)8-7-9-17(20)23(27,28)29;/h7-14,33H,5-6H2,1-4H3;. The molecule has 2 aromatic carbocycles. The molecule has 0 aliphatic rings. The number of hydrogen-bond acceptors (Lipinski definition) is 3. The molecule has 0 aliphatic heterocycles. The fourth-order valence-electron chi connectivity index (χ4n) is 2.85. The number of halogens is 6. The van der Waals surface area contributed by atoms with Crippen molar-refractivity contribution in [3.8, 4) is 11.5 Å². The summed E-state index contributed by atoms with van der Waals surface area (Å²) in [7, 11) is -1.02. The van der Waals surface area contributed by atoms with Gasteiger partial charge in [0.05, 0.1) is 23.3 Å². The summed E-state index contributed by atoms with van der Waals surface area (Å²) in [5, 5.41) is 0.196. The predicted octanol–water partition coefficient (Wildman–Crippen LogP) is 6.84. The molecule has 0 bridgehead atoms. The predicted molar refractivity (Wildman–Crippen MR) is 122 cm³/mol. The third kappa shape index (κ3) is 7.93. The fraction of sp³-hybridized carbons (Fsp3) is 0.435. The van der Waals surface area contributed by atoms with Gasteiger partial charge in [-0.3, -0.25) is 4.79 Å². The molecule has 2 rings (SSSR count). The smallest absolute Gasteiger partial charge is 0.417 e. The van der Waals surface area contributed by atoms with Crippen LogP contribution in [-0.4, -0.2) is 36.6 Å². The third-order valence-corrected chi connectivity index (χ3v) is 6.08. The number of alkyl halides is 6. The molecule has 0 fully saturated rings. The van der Waals surface area contributed by atoms with Crippen LogP contribution in [0, 0.1) is 0 Å². The van der Waals surface area contributed by atoms with Crippen LogP contribution >= 0.6 is 8.58 Å². The Hall–Kier alpha value is -1.68. The van der Waals surface area contributed by atoms with Crippen molar-refractivity contribution in [3.63, 3.8) is 0 Å². The van der Waals surface area contributed by atoms with Gasteiger partial charge in [0.15, 0.2) is 5.52 Å². The molecule has 1 radical (unpaired) electrons. The largest absolute Gasteiger partial charge is 0.491 e. The van der Waals surface area contributed by atoms with Crippen LogP contribution < -0.4 is 14.8 Å². The minimum Gasteiger partial charge on any atom is -0.491 e. The van der Waals surface area contributed by atoms with Crippen LogP contribution in [0.4, 0.5) is 26.3 Å². The summed E-state index contributed by atoms with van der Waals surface area (Å²) < 4.78 is 92.3. The molecule has 3 atom stereocenters. The first-order chi connectivity index (χ1) is 15.3. The van der Waals surface area contributed by atoms with E-state index in [0.717, 1.165) is 6.42 Å². The molecular weight excluding hydrogens is 476 g/mol. The molecule has 2 aromatic rings. The van der Waals surface area contributed by atoms with Crippen molar-refractivity contribution in [1.82, 2.24) is 0 Å². The zero-order valence-electron chi connectivity index (χ0n) is 19.5. The fourth-order valence-corrected chi connectivity index (χ4v) is 3.91. The van der Waals surface area contributed by atoms with Gasteiger partial charge >= 0.3 is 12.4 Å². The molecule has 34 heavy (non-hydrogen) atoms. The Kier molecular flexibility index (Phi) is 11.0. The minimum atomic E-state index is -5.12. The molecule has 3 nitrogen and oxygen atoms in total.